The maximum atomic E-state index is 13.2. The van der Waals surface area contributed by atoms with Crippen LogP contribution in [0.5, 0.6) is 0 Å². The van der Waals surface area contributed by atoms with Crippen molar-refractivity contribution < 1.29 is 23.5 Å². The first kappa shape index (κ1) is 18.8. The summed E-state index contributed by atoms with van der Waals surface area (Å²) in [5.74, 6) is -0.973. The molecule has 0 aliphatic heterocycles. The SMILES string of the molecule is COCCN(Cc1nc(C(=O)OC)cs1)C(=O)Nc1cccc(F)c1. The molecule has 134 valence electrons. The molecule has 0 unspecified atom stereocenters. The Kier molecular flexibility index (Phi) is 6.84. The molecule has 0 aliphatic rings. The van der Waals surface area contributed by atoms with Crippen LogP contribution in [0.3, 0.4) is 0 Å². The van der Waals surface area contributed by atoms with Crippen molar-refractivity contribution >= 4 is 29.0 Å². The number of rotatable bonds is 7. The Morgan fingerprint density at radius 1 is 1.36 bits per heavy atom. The van der Waals surface area contributed by atoms with E-state index in [9.17, 15) is 14.0 Å². The molecule has 1 aromatic heterocycles. The van der Waals surface area contributed by atoms with Crippen molar-refractivity contribution in [1.82, 2.24) is 9.88 Å². The number of carbonyl (C=O) groups excluding carboxylic acids is 2. The number of esters is 1. The second kappa shape index (κ2) is 9.09. The van der Waals surface area contributed by atoms with Crippen molar-refractivity contribution in [3.05, 3.63) is 46.2 Å². The van der Waals surface area contributed by atoms with Crippen LogP contribution < -0.4 is 5.32 Å². The molecule has 1 N–H and O–H groups in total. The zero-order valence-electron chi connectivity index (χ0n) is 13.8. The van der Waals surface area contributed by atoms with E-state index in [-0.39, 0.29) is 12.2 Å². The average molecular weight is 367 g/mol. The fourth-order valence-electron chi connectivity index (χ4n) is 1.97. The molecule has 0 aliphatic carbocycles. The zero-order chi connectivity index (χ0) is 18.2. The van der Waals surface area contributed by atoms with Crippen LogP contribution in [-0.4, -0.2) is 49.3 Å². The van der Waals surface area contributed by atoms with Crippen molar-refractivity contribution in [1.29, 1.82) is 0 Å². The predicted molar refractivity (Wildman–Crippen MR) is 91.2 cm³/mol. The lowest BCUT2D eigenvalue weighted by Gasteiger charge is -2.21. The Bertz CT molecular complexity index is 738. The molecule has 9 heteroatoms. The van der Waals surface area contributed by atoms with E-state index < -0.39 is 17.8 Å². The summed E-state index contributed by atoms with van der Waals surface area (Å²) in [6.45, 7) is 0.822. The Balaban J connectivity index is 2.08. The van der Waals surface area contributed by atoms with E-state index >= 15 is 0 Å². The quantitative estimate of drug-likeness (QED) is 0.761. The van der Waals surface area contributed by atoms with Gasteiger partial charge >= 0.3 is 12.0 Å². The van der Waals surface area contributed by atoms with Crippen LogP contribution >= 0.6 is 11.3 Å². The van der Waals surface area contributed by atoms with Gasteiger partial charge in [-0.25, -0.2) is 19.0 Å². The van der Waals surface area contributed by atoms with Crippen molar-refractivity contribution in [2.24, 2.45) is 0 Å². The van der Waals surface area contributed by atoms with Crippen molar-refractivity contribution in [2.75, 3.05) is 32.7 Å². The van der Waals surface area contributed by atoms with Crippen LogP contribution in [0.25, 0.3) is 0 Å². The van der Waals surface area contributed by atoms with E-state index in [1.807, 2.05) is 0 Å². The molecule has 0 saturated heterocycles. The number of anilines is 1. The number of urea groups is 1. The first-order valence-electron chi connectivity index (χ1n) is 7.36. The Morgan fingerprint density at radius 3 is 2.84 bits per heavy atom. The first-order valence-corrected chi connectivity index (χ1v) is 8.24. The maximum absolute atomic E-state index is 13.2. The van der Waals surface area contributed by atoms with Gasteiger partial charge in [-0.1, -0.05) is 6.07 Å². The number of nitrogens with one attached hydrogen (secondary N) is 1. The third-order valence-corrected chi connectivity index (χ3v) is 4.03. The minimum atomic E-state index is -0.532. The summed E-state index contributed by atoms with van der Waals surface area (Å²) in [5.41, 5.74) is 0.543. The third-order valence-electron chi connectivity index (χ3n) is 3.20. The highest BCUT2D eigenvalue weighted by atomic mass is 32.1. The number of hydrogen-bond donors (Lipinski definition) is 1. The van der Waals surface area contributed by atoms with Crippen LogP contribution in [0.1, 0.15) is 15.5 Å². The first-order chi connectivity index (χ1) is 12.0. The van der Waals surface area contributed by atoms with Gasteiger partial charge in [-0.05, 0) is 18.2 Å². The number of nitrogens with zero attached hydrogens (tertiary/aromatic N) is 2. The van der Waals surface area contributed by atoms with E-state index in [1.165, 1.54) is 48.7 Å². The molecule has 0 radical (unpaired) electrons. The van der Waals surface area contributed by atoms with E-state index in [0.717, 1.165) is 0 Å². The van der Waals surface area contributed by atoms with Crippen molar-refractivity contribution in [3.8, 4) is 0 Å². The number of methoxy groups -OCH3 is 2. The van der Waals surface area contributed by atoms with Gasteiger partial charge < -0.3 is 19.7 Å². The molecule has 7 nitrogen and oxygen atoms in total. The highest BCUT2D eigenvalue weighted by Crippen LogP contribution is 2.15. The van der Waals surface area contributed by atoms with Crippen LogP contribution in [-0.2, 0) is 16.0 Å². The molecule has 2 aromatic rings. The number of aromatic nitrogens is 1. The van der Waals surface area contributed by atoms with E-state index in [2.05, 4.69) is 15.0 Å². The summed E-state index contributed by atoms with van der Waals surface area (Å²) in [6, 6.07) is 5.20. The van der Waals surface area contributed by atoms with Crippen LogP contribution in [0.15, 0.2) is 29.6 Å². The summed E-state index contributed by atoms with van der Waals surface area (Å²) < 4.78 is 22.9. The van der Waals surface area contributed by atoms with Crippen LogP contribution in [0.2, 0.25) is 0 Å². The highest BCUT2D eigenvalue weighted by Gasteiger charge is 2.18. The molecule has 1 aromatic carbocycles. The molecule has 1 heterocycles. The van der Waals surface area contributed by atoms with E-state index in [0.29, 0.717) is 23.8 Å². The summed E-state index contributed by atoms with van der Waals surface area (Å²) in [5, 5.41) is 4.77. The summed E-state index contributed by atoms with van der Waals surface area (Å²) in [4.78, 5) is 29.5. The molecular weight excluding hydrogens is 349 g/mol. The summed E-state index contributed by atoms with van der Waals surface area (Å²) in [7, 11) is 2.81. The maximum Gasteiger partial charge on any atom is 0.357 e. The molecule has 0 atom stereocenters. The van der Waals surface area contributed by atoms with Crippen molar-refractivity contribution in [2.45, 2.75) is 6.54 Å². The minimum Gasteiger partial charge on any atom is -0.464 e. The number of halogens is 1. The second-order valence-electron chi connectivity index (χ2n) is 4.97. The number of ether oxygens (including phenoxy) is 2. The van der Waals surface area contributed by atoms with E-state index in [4.69, 9.17) is 4.74 Å². The lowest BCUT2D eigenvalue weighted by atomic mass is 10.3. The van der Waals surface area contributed by atoms with Gasteiger partial charge in [0.1, 0.15) is 10.8 Å². The normalized spacial score (nSPS) is 10.4. The van der Waals surface area contributed by atoms with Crippen LogP contribution in [0, 0.1) is 5.82 Å². The van der Waals surface area contributed by atoms with Gasteiger partial charge in [0.2, 0.25) is 0 Å². The largest absolute Gasteiger partial charge is 0.464 e. The monoisotopic (exact) mass is 367 g/mol. The van der Waals surface area contributed by atoms with Gasteiger partial charge in [0.25, 0.3) is 0 Å². The lowest BCUT2D eigenvalue weighted by molar-refractivity contribution is 0.0594. The van der Waals surface area contributed by atoms with Gasteiger partial charge in [-0.2, -0.15) is 0 Å². The molecule has 0 saturated carbocycles. The Morgan fingerprint density at radius 2 is 2.16 bits per heavy atom. The van der Waals surface area contributed by atoms with Crippen LogP contribution in [0.4, 0.5) is 14.9 Å². The minimum absolute atomic E-state index is 0.187. The molecule has 0 bridgehead atoms. The number of benzene rings is 1. The number of thiazole rings is 1. The molecule has 2 rings (SSSR count). The van der Waals surface area contributed by atoms with Gasteiger partial charge in [0.05, 0.1) is 20.3 Å². The highest BCUT2D eigenvalue weighted by molar-refractivity contribution is 7.09. The lowest BCUT2D eigenvalue weighted by Crippen LogP contribution is -2.36. The molecular formula is C16H18FN3O4S. The Labute approximate surface area is 148 Å². The fraction of sp³-hybridized carbons (Fsp3) is 0.312. The second-order valence-corrected chi connectivity index (χ2v) is 5.92. The number of hydrogen-bond acceptors (Lipinski definition) is 6. The summed E-state index contributed by atoms with van der Waals surface area (Å²) in [6.07, 6.45) is 0. The molecule has 2 amide bonds. The van der Waals surface area contributed by atoms with Gasteiger partial charge in [-0.15, -0.1) is 11.3 Å². The molecule has 0 spiro atoms. The van der Waals surface area contributed by atoms with Gasteiger partial charge in [0.15, 0.2) is 5.69 Å². The average Bonchev–Trinajstić information content (AvgIpc) is 3.06. The Hall–Kier alpha value is -2.52. The molecule has 0 fully saturated rings. The fourth-order valence-corrected chi connectivity index (χ4v) is 2.75. The standard InChI is InChI=1S/C16H18FN3O4S/c1-23-7-6-20(9-14-19-13(10-25-14)15(21)24-2)16(22)18-12-5-3-4-11(17)8-12/h3-5,8,10H,6-7,9H2,1-2H3,(H,18,22). The summed E-state index contributed by atoms with van der Waals surface area (Å²) >= 11 is 1.25. The third kappa shape index (κ3) is 5.50. The van der Waals surface area contributed by atoms with Gasteiger partial charge in [-0.3, -0.25) is 0 Å². The van der Waals surface area contributed by atoms with Gasteiger partial charge in [0, 0.05) is 24.7 Å². The van der Waals surface area contributed by atoms with E-state index in [1.54, 1.807) is 11.4 Å². The topological polar surface area (TPSA) is 80.8 Å². The van der Waals surface area contributed by atoms with Crippen molar-refractivity contribution in [3.63, 3.8) is 0 Å². The predicted octanol–water partition coefficient (Wildman–Crippen LogP) is 2.75. The number of amides is 2. The molecule has 25 heavy (non-hydrogen) atoms. The zero-order valence-corrected chi connectivity index (χ0v) is 14.6. The number of carbonyl (C=O) groups is 2. The smallest absolute Gasteiger partial charge is 0.357 e.